The number of nitrogens with zero attached hydrogens (tertiary/aromatic N) is 2. The maximum Gasteiger partial charge on any atom is 0.418 e. The number of carbonyl (C=O) groups is 1. The lowest BCUT2D eigenvalue weighted by molar-refractivity contribution is -0.137. The Bertz CT molecular complexity index is 1150. The zero-order valence-corrected chi connectivity index (χ0v) is 19.4. The van der Waals surface area contributed by atoms with E-state index < -0.39 is 23.7 Å². The van der Waals surface area contributed by atoms with Crippen molar-refractivity contribution in [2.45, 2.75) is 12.2 Å². The van der Waals surface area contributed by atoms with Crippen LogP contribution >= 0.6 is 23.4 Å². The molecule has 11 heteroatoms. The van der Waals surface area contributed by atoms with Gasteiger partial charge in [0.05, 0.1) is 22.6 Å². The number of hydrogen-bond donors (Lipinski definition) is 3. The number of alkyl halides is 3. The molecule has 3 N–H and O–H groups in total. The quantitative estimate of drug-likeness (QED) is 0.468. The van der Waals surface area contributed by atoms with Crippen LogP contribution < -0.4 is 15.5 Å². The van der Waals surface area contributed by atoms with Gasteiger partial charge in [-0.15, -0.1) is 0 Å². The van der Waals surface area contributed by atoms with Gasteiger partial charge in [0, 0.05) is 48.2 Å². The highest BCUT2D eigenvalue weighted by Gasteiger charge is 2.36. The molecule has 0 aliphatic carbocycles. The molecule has 3 aromatic rings. The summed E-state index contributed by atoms with van der Waals surface area (Å²) in [6.45, 7) is 2.16. The van der Waals surface area contributed by atoms with Crippen LogP contribution in [-0.4, -0.2) is 54.1 Å². The summed E-state index contributed by atoms with van der Waals surface area (Å²) in [6.07, 6.45) is -2.70. The highest BCUT2D eigenvalue weighted by Crippen LogP contribution is 2.37. The number of rotatable bonds is 6. The van der Waals surface area contributed by atoms with Gasteiger partial charge in [0.15, 0.2) is 0 Å². The number of hydrogen-bond acceptors (Lipinski definition) is 5. The number of carbonyl (C=O) groups excluding carboxylic acids is 1. The first kappa shape index (κ1) is 23.7. The third-order valence-corrected chi connectivity index (χ3v) is 6.35. The molecule has 2 heterocycles. The van der Waals surface area contributed by atoms with E-state index in [9.17, 15) is 18.0 Å². The normalized spacial score (nSPS) is 15.6. The maximum atomic E-state index is 13.8. The van der Waals surface area contributed by atoms with Crippen LogP contribution in [0.15, 0.2) is 36.4 Å². The maximum absolute atomic E-state index is 13.8. The van der Waals surface area contributed by atoms with Crippen LogP contribution in [0.5, 0.6) is 0 Å². The fourth-order valence-corrected chi connectivity index (χ4v) is 4.60. The average Bonchev–Trinajstić information content (AvgIpc) is 3.21. The minimum Gasteiger partial charge on any atom is -0.368 e. The predicted octanol–water partition coefficient (Wildman–Crippen LogP) is 4.48. The van der Waals surface area contributed by atoms with Gasteiger partial charge in [0.2, 0.25) is 0 Å². The molecule has 6 nitrogen and oxygen atoms in total. The number of aromatic nitrogens is 2. The summed E-state index contributed by atoms with van der Waals surface area (Å²) in [4.78, 5) is 22.3. The van der Waals surface area contributed by atoms with Crippen LogP contribution in [0, 0.1) is 0 Å². The Morgan fingerprint density at radius 2 is 2.00 bits per heavy atom. The molecule has 1 aromatic heterocycles. The average molecular weight is 498 g/mol. The Morgan fingerprint density at radius 1 is 1.24 bits per heavy atom. The van der Waals surface area contributed by atoms with Gasteiger partial charge >= 0.3 is 6.18 Å². The molecule has 1 aliphatic heterocycles. The Balaban J connectivity index is 1.61. The van der Waals surface area contributed by atoms with E-state index in [4.69, 9.17) is 11.6 Å². The van der Waals surface area contributed by atoms with Gasteiger partial charge < -0.3 is 20.5 Å². The zero-order valence-electron chi connectivity index (χ0n) is 17.8. The molecule has 1 aliphatic rings. The molecular weight excluding hydrogens is 475 g/mol. The van der Waals surface area contributed by atoms with Crippen LogP contribution in [0.25, 0.3) is 11.0 Å². The van der Waals surface area contributed by atoms with E-state index in [1.165, 1.54) is 23.9 Å². The molecule has 0 unspecified atom stereocenters. The van der Waals surface area contributed by atoms with E-state index in [0.717, 1.165) is 11.6 Å². The number of thioether (sulfide) groups is 1. The van der Waals surface area contributed by atoms with Crippen LogP contribution in [0.3, 0.4) is 0 Å². The number of H-pyrrole nitrogens is 1. The lowest BCUT2D eigenvalue weighted by atomic mass is 10.1. The monoisotopic (exact) mass is 497 g/mol. The van der Waals surface area contributed by atoms with Gasteiger partial charge in [-0.2, -0.15) is 24.9 Å². The zero-order chi connectivity index (χ0) is 23.6. The van der Waals surface area contributed by atoms with Crippen molar-refractivity contribution in [1.29, 1.82) is 0 Å². The summed E-state index contributed by atoms with van der Waals surface area (Å²) in [5.74, 6) is 0.415. The summed E-state index contributed by atoms with van der Waals surface area (Å²) in [5.41, 5.74) is 0.644. The number of aromatic amines is 1. The molecule has 1 atom stereocenters. The van der Waals surface area contributed by atoms with Crippen molar-refractivity contribution in [3.63, 3.8) is 0 Å². The van der Waals surface area contributed by atoms with E-state index in [0.29, 0.717) is 48.3 Å². The number of amides is 1. The molecule has 0 bridgehead atoms. The van der Waals surface area contributed by atoms with Gasteiger partial charge in [-0.1, -0.05) is 11.6 Å². The van der Waals surface area contributed by atoms with Crippen molar-refractivity contribution < 1.29 is 18.0 Å². The smallest absolute Gasteiger partial charge is 0.368 e. The first-order valence-electron chi connectivity index (χ1n) is 10.4. The second kappa shape index (κ2) is 9.82. The van der Waals surface area contributed by atoms with Crippen LogP contribution in [-0.2, 0) is 6.18 Å². The van der Waals surface area contributed by atoms with Crippen LogP contribution in [0.4, 0.5) is 18.9 Å². The van der Waals surface area contributed by atoms with Gasteiger partial charge in [-0.25, -0.2) is 4.98 Å². The third kappa shape index (κ3) is 5.39. The Morgan fingerprint density at radius 3 is 2.70 bits per heavy atom. The molecule has 176 valence electrons. The molecule has 1 saturated heterocycles. The van der Waals surface area contributed by atoms with Gasteiger partial charge in [-0.3, -0.25) is 4.79 Å². The number of benzene rings is 2. The predicted molar refractivity (Wildman–Crippen MR) is 126 cm³/mol. The summed E-state index contributed by atoms with van der Waals surface area (Å²) in [7, 11) is 0. The minimum absolute atomic E-state index is 0.0496. The van der Waals surface area contributed by atoms with E-state index >= 15 is 0 Å². The molecule has 0 radical (unpaired) electrons. The molecule has 2 aromatic carbocycles. The van der Waals surface area contributed by atoms with Crippen LogP contribution in [0.1, 0.15) is 27.8 Å². The molecule has 1 amide bonds. The lowest BCUT2D eigenvalue weighted by Gasteiger charge is -2.31. The first-order chi connectivity index (χ1) is 15.8. The van der Waals surface area contributed by atoms with Crippen molar-refractivity contribution in [3.05, 3.63) is 58.4 Å². The Kier molecular flexibility index (Phi) is 7.06. The summed E-state index contributed by atoms with van der Waals surface area (Å²) in [5, 5.41) is 6.50. The van der Waals surface area contributed by atoms with Gasteiger partial charge in [0.25, 0.3) is 5.91 Å². The van der Waals surface area contributed by atoms with E-state index in [2.05, 4.69) is 20.6 Å². The topological polar surface area (TPSA) is 73.1 Å². The second-order valence-electron chi connectivity index (χ2n) is 7.73. The Hall–Kier alpha value is -2.43. The van der Waals surface area contributed by atoms with E-state index in [1.807, 2.05) is 6.26 Å². The van der Waals surface area contributed by atoms with Crippen LogP contribution in [0.2, 0.25) is 5.02 Å². The van der Waals surface area contributed by atoms with Crippen molar-refractivity contribution >= 4 is 46.0 Å². The molecule has 4 rings (SSSR count). The number of halogens is 4. The fourth-order valence-electron chi connectivity index (χ4n) is 3.85. The molecule has 0 spiro atoms. The van der Waals surface area contributed by atoms with Crippen molar-refractivity contribution in [2.24, 2.45) is 0 Å². The number of imidazole rings is 1. The SMILES string of the molecule is CSC[C@H](NC(=O)c1ccc(N2CCNCC2)c(C(F)(F)F)c1)c1nc2ccc(Cl)cc2[nH]1. The third-order valence-electron chi connectivity index (χ3n) is 5.45. The molecule has 33 heavy (non-hydrogen) atoms. The summed E-state index contributed by atoms with van der Waals surface area (Å²) in [6, 6.07) is 8.46. The lowest BCUT2D eigenvalue weighted by Crippen LogP contribution is -2.44. The highest BCUT2D eigenvalue weighted by atomic mass is 35.5. The number of fused-ring (bicyclic) bond motifs is 1. The number of piperazine rings is 1. The molecular formula is C22H23ClF3N5OS. The Labute approximate surface area is 198 Å². The summed E-state index contributed by atoms with van der Waals surface area (Å²) < 4.78 is 41.5. The van der Waals surface area contributed by atoms with Crippen molar-refractivity contribution in [3.8, 4) is 0 Å². The molecule has 1 fully saturated rings. The first-order valence-corrected chi connectivity index (χ1v) is 12.2. The van der Waals surface area contributed by atoms with Crippen molar-refractivity contribution in [1.82, 2.24) is 20.6 Å². The van der Waals surface area contributed by atoms with Gasteiger partial charge in [-0.05, 0) is 42.7 Å². The minimum atomic E-state index is -4.58. The summed E-state index contributed by atoms with van der Waals surface area (Å²) >= 11 is 7.52. The number of nitrogens with one attached hydrogen (secondary N) is 3. The van der Waals surface area contributed by atoms with E-state index in [-0.39, 0.29) is 11.3 Å². The largest absolute Gasteiger partial charge is 0.418 e. The van der Waals surface area contributed by atoms with E-state index in [1.54, 1.807) is 23.1 Å². The van der Waals surface area contributed by atoms with Gasteiger partial charge in [0.1, 0.15) is 5.82 Å². The second-order valence-corrected chi connectivity index (χ2v) is 9.08. The van der Waals surface area contributed by atoms with Crippen molar-refractivity contribution in [2.75, 3.05) is 43.1 Å². The number of anilines is 1. The fraction of sp³-hybridized carbons (Fsp3) is 0.364. The molecule has 0 saturated carbocycles. The highest BCUT2D eigenvalue weighted by molar-refractivity contribution is 7.98. The standard InChI is InChI=1S/C22H23ClF3N5OS/c1-33-12-18(20-28-16-4-3-14(23)11-17(16)29-20)30-21(32)13-2-5-19(15(10-13)22(24,25)26)31-8-6-27-7-9-31/h2-5,10-11,18,27H,6-9,12H2,1H3,(H,28,29)(H,30,32)/t18-/m0/s1.